The molecule has 0 unspecified atom stereocenters. The zero-order chi connectivity index (χ0) is 15.8. The van der Waals surface area contributed by atoms with E-state index < -0.39 is 10.0 Å². The highest BCUT2D eigenvalue weighted by molar-refractivity contribution is 9.11. The monoisotopic (exact) mass is 431 g/mol. The SMILES string of the molecule is Cc1cc(C)c(NS(=O)(=O)c2cc(Br)ccc2Br)c(C)c1. The van der Waals surface area contributed by atoms with Crippen LogP contribution in [-0.4, -0.2) is 8.42 Å². The Morgan fingerprint density at radius 2 is 1.52 bits per heavy atom. The summed E-state index contributed by atoms with van der Waals surface area (Å²) in [7, 11) is -3.65. The molecule has 0 spiro atoms. The lowest BCUT2D eigenvalue weighted by Crippen LogP contribution is -2.15. The highest BCUT2D eigenvalue weighted by Crippen LogP contribution is 2.30. The van der Waals surface area contributed by atoms with Gasteiger partial charge >= 0.3 is 0 Å². The Hall–Kier alpha value is -0.850. The Kier molecular flexibility index (Phi) is 4.80. The molecule has 112 valence electrons. The van der Waals surface area contributed by atoms with Crippen molar-refractivity contribution in [2.24, 2.45) is 0 Å². The minimum Gasteiger partial charge on any atom is -0.279 e. The maximum absolute atomic E-state index is 12.6. The predicted molar refractivity (Wildman–Crippen MR) is 93.3 cm³/mol. The van der Waals surface area contributed by atoms with Crippen LogP contribution < -0.4 is 4.72 Å². The van der Waals surface area contributed by atoms with Gasteiger partial charge in [0.1, 0.15) is 4.90 Å². The van der Waals surface area contributed by atoms with E-state index in [1.165, 1.54) is 0 Å². The number of aryl methyl sites for hydroxylation is 3. The van der Waals surface area contributed by atoms with Crippen LogP contribution in [0, 0.1) is 20.8 Å². The van der Waals surface area contributed by atoms with Crippen molar-refractivity contribution >= 4 is 47.6 Å². The number of hydrogen-bond donors (Lipinski definition) is 1. The van der Waals surface area contributed by atoms with Crippen molar-refractivity contribution in [2.75, 3.05) is 4.72 Å². The van der Waals surface area contributed by atoms with Gasteiger partial charge in [-0.05, 0) is 66.0 Å². The van der Waals surface area contributed by atoms with E-state index in [2.05, 4.69) is 36.6 Å². The van der Waals surface area contributed by atoms with Gasteiger partial charge in [0.15, 0.2) is 0 Å². The minimum atomic E-state index is -3.65. The predicted octanol–water partition coefficient (Wildman–Crippen LogP) is 4.94. The Bertz CT molecular complexity index is 778. The Labute approximate surface area is 142 Å². The molecule has 0 radical (unpaired) electrons. The zero-order valence-corrected chi connectivity index (χ0v) is 15.9. The first-order valence-corrected chi connectivity index (χ1v) is 9.33. The fourth-order valence-electron chi connectivity index (χ4n) is 2.21. The van der Waals surface area contributed by atoms with Crippen LogP contribution in [0.5, 0.6) is 0 Å². The van der Waals surface area contributed by atoms with Crippen molar-refractivity contribution in [2.45, 2.75) is 25.7 Å². The molecular weight excluding hydrogens is 418 g/mol. The Morgan fingerprint density at radius 1 is 0.952 bits per heavy atom. The second-order valence-corrected chi connectivity index (χ2v) is 8.37. The molecule has 2 aromatic rings. The van der Waals surface area contributed by atoms with E-state index in [9.17, 15) is 8.42 Å². The van der Waals surface area contributed by atoms with Crippen LogP contribution >= 0.6 is 31.9 Å². The molecule has 2 rings (SSSR count). The summed E-state index contributed by atoms with van der Waals surface area (Å²) in [6.07, 6.45) is 0. The second kappa shape index (κ2) is 6.10. The van der Waals surface area contributed by atoms with Crippen LogP contribution in [0.2, 0.25) is 0 Å². The van der Waals surface area contributed by atoms with Gasteiger partial charge in [-0.3, -0.25) is 4.72 Å². The largest absolute Gasteiger partial charge is 0.279 e. The summed E-state index contributed by atoms with van der Waals surface area (Å²) in [5.74, 6) is 0. The number of benzene rings is 2. The van der Waals surface area contributed by atoms with E-state index >= 15 is 0 Å². The fourth-order valence-corrected chi connectivity index (χ4v) is 4.92. The molecule has 3 nitrogen and oxygen atoms in total. The average molecular weight is 433 g/mol. The number of nitrogens with one attached hydrogen (secondary N) is 1. The highest BCUT2D eigenvalue weighted by atomic mass is 79.9. The van der Waals surface area contributed by atoms with Gasteiger partial charge < -0.3 is 0 Å². The fraction of sp³-hybridized carbons (Fsp3) is 0.200. The number of anilines is 1. The molecule has 1 N–H and O–H groups in total. The quantitative estimate of drug-likeness (QED) is 0.746. The molecule has 0 saturated carbocycles. The van der Waals surface area contributed by atoms with Crippen LogP contribution in [0.25, 0.3) is 0 Å². The molecule has 0 atom stereocenters. The van der Waals surface area contributed by atoms with Gasteiger partial charge in [0.25, 0.3) is 10.0 Å². The van der Waals surface area contributed by atoms with E-state index in [4.69, 9.17) is 0 Å². The van der Waals surface area contributed by atoms with Crippen molar-refractivity contribution in [3.05, 3.63) is 56.0 Å². The summed E-state index contributed by atoms with van der Waals surface area (Å²) in [5.41, 5.74) is 3.55. The minimum absolute atomic E-state index is 0.205. The van der Waals surface area contributed by atoms with Gasteiger partial charge in [-0.1, -0.05) is 33.6 Å². The first kappa shape index (κ1) is 16.5. The van der Waals surface area contributed by atoms with E-state index in [-0.39, 0.29) is 4.90 Å². The number of rotatable bonds is 3. The second-order valence-electron chi connectivity index (χ2n) is 4.95. The maximum Gasteiger partial charge on any atom is 0.263 e. The normalized spacial score (nSPS) is 11.5. The summed E-state index contributed by atoms with van der Waals surface area (Å²) in [6.45, 7) is 5.78. The Morgan fingerprint density at radius 3 is 2.10 bits per heavy atom. The lowest BCUT2D eigenvalue weighted by atomic mass is 10.1. The zero-order valence-electron chi connectivity index (χ0n) is 11.9. The maximum atomic E-state index is 12.6. The third-order valence-corrected chi connectivity index (χ3v) is 5.93. The van der Waals surface area contributed by atoms with E-state index in [1.54, 1.807) is 18.2 Å². The van der Waals surface area contributed by atoms with Crippen LogP contribution in [0.4, 0.5) is 5.69 Å². The van der Waals surface area contributed by atoms with Crippen LogP contribution in [0.1, 0.15) is 16.7 Å². The number of hydrogen-bond acceptors (Lipinski definition) is 2. The molecule has 0 aliphatic rings. The molecule has 0 aliphatic carbocycles. The van der Waals surface area contributed by atoms with Crippen molar-refractivity contribution in [3.8, 4) is 0 Å². The summed E-state index contributed by atoms with van der Waals surface area (Å²) in [4.78, 5) is 0.205. The molecule has 0 heterocycles. The van der Waals surface area contributed by atoms with Crippen LogP contribution in [-0.2, 0) is 10.0 Å². The summed E-state index contributed by atoms with van der Waals surface area (Å²) >= 11 is 6.59. The van der Waals surface area contributed by atoms with Crippen molar-refractivity contribution in [1.82, 2.24) is 0 Å². The smallest absolute Gasteiger partial charge is 0.263 e. The molecule has 0 saturated heterocycles. The summed E-state index contributed by atoms with van der Waals surface area (Å²) in [5, 5.41) is 0. The molecule has 0 fully saturated rings. The summed E-state index contributed by atoms with van der Waals surface area (Å²) < 4.78 is 29.1. The molecule has 0 aliphatic heterocycles. The van der Waals surface area contributed by atoms with Gasteiger partial charge in [-0.15, -0.1) is 0 Å². The third-order valence-electron chi connectivity index (χ3n) is 3.10. The van der Waals surface area contributed by atoms with Gasteiger partial charge in [0.05, 0.1) is 5.69 Å². The lowest BCUT2D eigenvalue weighted by Gasteiger charge is -2.15. The van der Waals surface area contributed by atoms with Crippen molar-refractivity contribution in [3.63, 3.8) is 0 Å². The standard InChI is InChI=1S/C15H15Br2NO2S/c1-9-6-10(2)15(11(3)7-9)18-21(19,20)14-8-12(16)4-5-13(14)17/h4-8,18H,1-3H3. The van der Waals surface area contributed by atoms with E-state index in [1.807, 2.05) is 32.9 Å². The molecule has 0 amide bonds. The van der Waals surface area contributed by atoms with Gasteiger partial charge in [-0.2, -0.15) is 0 Å². The van der Waals surface area contributed by atoms with Gasteiger partial charge in [0, 0.05) is 8.95 Å². The number of sulfonamides is 1. The molecule has 0 aromatic heterocycles. The highest BCUT2D eigenvalue weighted by Gasteiger charge is 2.20. The molecule has 2 aromatic carbocycles. The van der Waals surface area contributed by atoms with Crippen LogP contribution in [0.15, 0.2) is 44.2 Å². The molecular formula is C15H15Br2NO2S. The van der Waals surface area contributed by atoms with Crippen molar-refractivity contribution in [1.29, 1.82) is 0 Å². The van der Waals surface area contributed by atoms with E-state index in [0.717, 1.165) is 16.7 Å². The van der Waals surface area contributed by atoms with Crippen LogP contribution in [0.3, 0.4) is 0 Å². The van der Waals surface area contributed by atoms with Crippen molar-refractivity contribution < 1.29 is 8.42 Å². The van der Waals surface area contributed by atoms with Gasteiger partial charge in [0.2, 0.25) is 0 Å². The summed E-state index contributed by atoms with van der Waals surface area (Å²) in [6, 6.07) is 8.98. The first-order chi connectivity index (χ1) is 9.70. The average Bonchev–Trinajstić information content (AvgIpc) is 2.36. The third kappa shape index (κ3) is 3.67. The van der Waals surface area contributed by atoms with E-state index in [0.29, 0.717) is 14.6 Å². The molecule has 6 heteroatoms. The number of halogens is 2. The first-order valence-electron chi connectivity index (χ1n) is 6.26. The van der Waals surface area contributed by atoms with Gasteiger partial charge in [-0.25, -0.2) is 8.42 Å². The lowest BCUT2D eigenvalue weighted by molar-refractivity contribution is 0.600. The molecule has 0 bridgehead atoms. The topological polar surface area (TPSA) is 46.2 Å². The molecule has 21 heavy (non-hydrogen) atoms. The Balaban J connectivity index is 2.50.